The minimum Gasteiger partial charge on any atom is -0.487 e. The molecule has 0 radical (unpaired) electrons. The highest BCUT2D eigenvalue weighted by molar-refractivity contribution is 14.1. The Morgan fingerprint density at radius 2 is 1.80 bits per heavy atom. The van der Waals surface area contributed by atoms with E-state index >= 15 is 0 Å². The highest BCUT2D eigenvalue weighted by Gasteiger charge is 2.34. The molecule has 2 heterocycles. The van der Waals surface area contributed by atoms with Gasteiger partial charge in [0.2, 0.25) is 0 Å². The zero-order valence-corrected chi connectivity index (χ0v) is 28.4. The molecule has 210 valence electrons. The van der Waals surface area contributed by atoms with E-state index in [0.717, 1.165) is 18.3 Å². The average Bonchev–Trinajstić information content (AvgIpc) is 3.22. The Morgan fingerprint density at radius 3 is 2.51 bits per heavy atom. The van der Waals surface area contributed by atoms with Crippen LogP contribution in [0.2, 0.25) is 10.0 Å². The minimum atomic E-state index is -0.784. The summed E-state index contributed by atoms with van der Waals surface area (Å²) < 4.78 is 15.5. The number of allylic oxidation sites excluding steroid dienone is 1. The number of aromatic nitrogens is 1. The topological polar surface area (TPSA) is 69.9 Å². The quantitative estimate of drug-likeness (QED) is 0.150. The Balaban J connectivity index is 1.67. The first-order valence-corrected chi connectivity index (χ1v) is 16.2. The number of thiazole rings is 1. The molecule has 0 fully saturated rings. The van der Waals surface area contributed by atoms with Crippen LogP contribution in [-0.2, 0) is 16.1 Å². The number of hydrogen-bond donors (Lipinski definition) is 0. The molecule has 0 bridgehead atoms. The number of halogens is 4. The van der Waals surface area contributed by atoms with E-state index in [1.165, 1.54) is 15.9 Å². The lowest BCUT2D eigenvalue weighted by atomic mass is 9.96. The van der Waals surface area contributed by atoms with Crippen LogP contribution in [0.15, 0.2) is 81.7 Å². The molecule has 1 atom stereocenters. The van der Waals surface area contributed by atoms with E-state index in [9.17, 15) is 9.59 Å². The van der Waals surface area contributed by atoms with Crippen LogP contribution in [0.4, 0.5) is 0 Å². The van der Waals surface area contributed by atoms with Gasteiger partial charge in [0.1, 0.15) is 18.4 Å². The summed E-state index contributed by atoms with van der Waals surface area (Å²) >= 11 is 18.7. The third-order valence-electron chi connectivity index (χ3n) is 6.37. The summed E-state index contributed by atoms with van der Waals surface area (Å²) in [5.41, 5.74) is 2.69. The number of hydrogen-bond acceptors (Lipinski definition) is 6. The molecule has 0 spiro atoms. The molecule has 0 unspecified atom stereocenters. The third kappa shape index (κ3) is 6.29. The predicted molar refractivity (Wildman–Crippen MR) is 180 cm³/mol. The summed E-state index contributed by atoms with van der Waals surface area (Å²) in [6, 6.07) is 17.9. The number of benzene rings is 3. The molecule has 4 aromatic rings. The van der Waals surface area contributed by atoms with Gasteiger partial charge in [0.15, 0.2) is 4.80 Å². The lowest BCUT2D eigenvalue weighted by Gasteiger charge is -2.25. The van der Waals surface area contributed by atoms with Gasteiger partial charge >= 0.3 is 5.97 Å². The molecule has 6 nitrogen and oxygen atoms in total. The summed E-state index contributed by atoms with van der Waals surface area (Å²) in [6.07, 6.45) is 1.81. The molecule has 41 heavy (non-hydrogen) atoms. The highest BCUT2D eigenvalue weighted by atomic mass is 127. The Kier molecular flexibility index (Phi) is 9.59. The van der Waals surface area contributed by atoms with Crippen LogP contribution >= 0.6 is 79.7 Å². The van der Waals surface area contributed by atoms with Gasteiger partial charge in [-0.15, -0.1) is 0 Å². The lowest BCUT2D eigenvalue weighted by molar-refractivity contribution is -0.139. The number of fused-ring (bicyclic) bond motifs is 1. The van der Waals surface area contributed by atoms with Crippen LogP contribution in [0.1, 0.15) is 36.6 Å². The van der Waals surface area contributed by atoms with Crippen LogP contribution in [0.25, 0.3) is 6.08 Å². The minimum absolute atomic E-state index is 0.192. The fraction of sp³-hybridized carbons (Fsp3) is 0.167. The van der Waals surface area contributed by atoms with Crippen molar-refractivity contribution in [2.45, 2.75) is 26.5 Å². The molecule has 11 heteroatoms. The Labute approximate surface area is 277 Å². The van der Waals surface area contributed by atoms with E-state index in [2.05, 4.69) is 50.2 Å². The van der Waals surface area contributed by atoms with Crippen molar-refractivity contribution in [1.82, 2.24) is 4.57 Å². The van der Waals surface area contributed by atoms with Gasteiger partial charge in [0, 0.05) is 24.7 Å². The van der Waals surface area contributed by atoms with Gasteiger partial charge in [-0.3, -0.25) is 9.36 Å². The molecule has 1 aromatic heterocycles. The average molecular weight is 831 g/mol. The second kappa shape index (κ2) is 13.0. The molecule has 0 saturated heterocycles. The molecule has 0 amide bonds. The van der Waals surface area contributed by atoms with Gasteiger partial charge in [-0.2, -0.15) is 0 Å². The zero-order valence-electron chi connectivity index (χ0n) is 21.8. The van der Waals surface area contributed by atoms with Crippen molar-refractivity contribution < 1.29 is 14.3 Å². The molecule has 0 aliphatic carbocycles. The number of rotatable bonds is 7. The SMILES string of the molecule is CCOC(=O)C1=C(C)N=c2s/c(=C\c3cc(I)cc(I)c3OCc3ccccc3Cl)c(=O)n2[C@@H]1c1ccccc1Cl. The van der Waals surface area contributed by atoms with E-state index in [0.29, 0.717) is 36.4 Å². The van der Waals surface area contributed by atoms with Gasteiger partial charge < -0.3 is 9.47 Å². The summed E-state index contributed by atoms with van der Waals surface area (Å²) in [7, 11) is 0. The fourth-order valence-corrected chi connectivity index (χ4v) is 8.04. The van der Waals surface area contributed by atoms with Gasteiger partial charge in [-0.1, -0.05) is 70.9 Å². The third-order valence-corrected chi connectivity index (χ3v) is 9.49. The van der Waals surface area contributed by atoms with Crippen molar-refractivity contribution in [2.24, 2.45) is 4.99 Å². The van der Waals surface area contributed by atoms with Crippen molar-refractivity contribution in [3.63, 3.8) is 0 Å². The largest absolute Gasteiger partial charge is 0.487 e. The van der Waals surface area contributed by atoms with Gasteiger partial charge in [-0.25, -0.2) is 9.79 Å². The molecule has 1 aliphatic heterocycles. The molecule has 1 aliphatic rings. The molecule has 0 N–H and O–H groups in total. The molecule has 3 aromatic carbocycles. The molecular formula is C30H22Cl2I2N2O4S. The first-order valence-electron chi connectivity index (χ1n) is 12.5. The van der Waals surface area contributed by atoms with Crippen molar-refractivity contribution >= 4 is 91.8 Å². The summed E-state index contributed by atoms with van der Waals surface area (Å²) in [5, 5.41) is 1.06. The number of carbonyl (C=O) groups excluding carboxylic acids is 1. The molecular weight excluding hydrogens is 809 g/mol. The lowest BCUT2D eigenvalue weighted by Crippen LogP contribution is -2.40. The number of esters is 1. The second-order valence-electron chi connectivity index (χ2n) is 9.01. The smallest absolute Gasteiger partial charge is 0.338 e. The Hall–Kier alpha value is -2.19. The maximum atomic E-state index is 14.1. The van der Waals surface area contributed by atoms with Crippen LogP contribution in [0.3, 0.4) is 0 Å². The van der Waals surface area contributed by atoms with Crippen LogP contribution in [-0.4, -0.2) is 17.1 Å². The van der Waals surface area contributed by atoms with Gasteiger partial charge in [0.25, 0.3) is 5.56 Å². The van der Waals surface area contributed by atoms with E-state index < -0.39 is 12.0 Å². The molecule has 0 saturated carbocycles. The normalized spacial score (nSPS) is 15.0. The number of ether oxygens (including phenoxy) is 2. The van der Waals surface area contributed by atoms with Crippen molar-refractivity contribution in [3.8, 4) is 5.75 Å². The first-order chi connectivity index (χ1) is 19.7. The summed E-state index contributed by atoms with van der Waals surface area (Å²) in [6.45, 7) is 3.95. The first kappa shape index (κ1) is 30.3. The maximum Gasteiger partial charge on any atom is 0.338 e. The monoisotopic (exact) mass is 830 g/mol. The van der Waals surface area contributed by atoms with Gasteiger partial charge in [-0.05, 0) is 94.9 Å². The summed E-state index contributed by atoms with van der Waals surface area (Å²) in [5.74, 6) is 0.109. The Bertz CT molecular complexity index is 1880. The van der Waals surface area contributed by atoms with E-state index in [4.69, 9.17) is 32.7 Å². The van der Waals surface area contributed by atoms with Crippen LogP contribution in [0.5, 0.6) is 5.75 Å². The number of nitrogens with zero attached hydrogens (tertiary/aromatic N) is 2. The van der Waals surface area contributed by atoms with Crippen LogP contribution < -0.4 is 19.6 Å². The van der Waals surface area contributed by atoms with E-state index in [1.54, 1.807) is 26.0 Å². The summed E-state index contributed by atoms with van der Waals surface area (Å²) in [4.78, 5) is 32.3. The van der Waals surface area contributed by atoms with Crippen molar-refractivity contribution in [3.05, 3.63) is 125 Å². The van der Waals surface area contributed by atoms with Crippen LogP contribution in [0, 0.1) is 7.14 Å². The fourth-order valence-electron chi connectivity index (χ4n) is 4.53. The Morgan fingerprint density at radius 1 is 1.10 bits per heavy atom. The van der Waals surface area contributed by atoms with Crippen molar-refractivity contribution in [2.75, 3.05) is 6.61 Å². The molecule has 5 rings (SSSR count). The van der Waals surface area contributed by atoms with Crippen molar-refractivity contribution in [1.29, 1.82) is 0 Å². The second-order valence-corrected chi connectivity index (χ2v) is 13.2. The highest BCUT2D eigenvalue weighted by Crippen LogP contribution is 2.35. The number of carbonyl (C=O) groups is 1. The maximum absolute atomic E-state index is 14.1. The van der Waals surface area contributed by atoms with E-state index in [-0.39, 0.29) is 24.3 Å². The predicted octanol–water partition coefficient (Wildman–Crippen LogP) is 6.89. The standard InChI is InChI=1S/C30H22Cl2I2N2O4S/c1-3-39-29(38)25-16(2)35-30-36(26(25)20-9-5-7-11-22(20)32)28(37)24(41-30)13-18-12-19(33)14-23(34)27(18)40-15-17-8-4-6-10-21(17)31/h4-14,26H,3,15H2,1-2H3/b24-13-/t26-/m1/s1. The van der Waals surface area contributed by atoms with E-state index in [1.807, 2.05) is 54.6 Å². The van der Waals surface area contributed by atoms with Gasteiger partial charge in [0.05, 0.1) is 26.0 Å². The zero-order chi connectivity index (χ0) is 29.3.